The quantitative estimate of drug-likeness (QED) is 0.573. The molecule has 0 aliphatic carbocycles. The topological polar surface area (TPSA) is 58.3 Å². The molecule has 7 heteroatoms. The maximum absolute atomic E-state index is 13.4. The smallest absolute Gasteiger partial charge is 0.170 e. The molecule has 0 bridgehead atoms. The summed E-state index contributed by atoms with van der Waals surface area (Å²) in [6.07, 6.45) is 2.61. The molecule has 0 saturated carbocycles. The first-order valence-corrected chi connectivity index (χ1v) is 8.54. The molecule has 0 unspecified atom stereocenters. The van der Waals surface area contributed by atoms with Gasteiger partial charge in [0.05, 0.1) is 19.9 Å². The molecule has 0 fully saturated rings. The first-order chi connectivity index (χ1) is 12.6. The van der Waals surface area contributed by atoms with E-state index >= 15 is 0 Å². The molecule has 0 aliphatic heterocycles. The first kappa shape index (κ1) is 18.0. The number of nitrogens with one attached hydrogen (secondary N) is 3. The van der Waals surface area contributed by atoms with Crippen molar-refractivity contribution in [1.29, 1.82) is 0 Å². The second kappa shape index (κ2) is 8.05. The van der Waals surface area contributed by atoms with Gasteiger partial charge in [0.25, 0.3) is 0 Å². The van der Waals surface area contributed by atoms with Crippen LogP contribution in [0, 0.1) is 5.82 Å². The molecule has 26 heavy (non-hydrogen) atoms. The van der Waals surface area contributed by atoms with Crippen LogP contribution in [0.15, 0.2) is 42.6 Å². The minimum Gasteiger partial charge on any atom is -0.497 e. The lowest BCUT2D eigenvalue weighted by molar-refractivity contribution is 0.405. The molecule has 5 nitrogen and oxygen atoms in total. The monoisotopic (exact) mass is 373 g/mol. The molecule has 1 heterocycles. The molecule has 3 N–H and O–H groups in total. The Bertz CT molecular complexity index is 926. The van der Waals surface area contributed by atoms with Crippen LogP contribution < -0.4 is 20.1 Å². The van der Waals surface area contributed by atoms with Crippen molar-refractivity contribution in [3.05, 3.63) is 54.0 Å². The molecule has 0 saturated heterocycles. The van der Waals surface area contributed by atoms with Gasteiger partial charge in [0.15, 0.2) is 5.11 Å². The zero-order valence-corrected chi connectivity index (χ0v) is 15.4. The fraction of sp³-hybridized carbons (Fsp3) is 0.211. The number of benzene rings is 2. The molecule has 0 atom stereocenters. The SMILES string of the molecule is COc1ccc(OC)c(NC(=S)NCCc2c[nH]c3ccc(F)cc23)c1. The van der Waals surface area contributed by atoms with E-state index in [4.69, 9.17) is 21.7 Å². The van der Waals surface area contributed by atoms with Crippen molar-refractivity contribution in [3.8, 4) is 11.5 Å². The van der Waals surface area contributed by atoms with Crippen LogP contribution >= 0.6 is 12.2 Å². The number of fused-ring (bicyclic) bond motifs is 1. The van der Waals surface area contributed by atoms with Crippen LogP contribution in [-0.2, 0) is 6.42 Å². The summed E-state index contributed by atoms with van der Waals surface area (Å²) in [4.78, 5) is 3.15. The highest BCUT2D eigenvalue weighted by atomic mass is 32.1. The van der Waals surface area contributed by atoms with Gasteiger partial charge in [-0.25, -0.2) is 4.39 Å². The number of hydrogen-bond acceptors (Lipinski definition) is 3. The van der Waals surface area contributed by atoms with Gasteiger partial charge in [-0.3, -0.25) is 0 Å². The van der Waals surface area contributed by atoms with Crippen molar-refractivity contribution in [3.63, 3.8) is 0 Å². The van der Waals surface area contributed by atoms with E-state index in [0.29, 0.717) is 29.6 Å². The number of H-pyrrole nitrogens is 1. The Morgan fingerprint density at radius 1 is 1.15 bits per heavy atom. The lowest BCUT2D eigenvalue weighted by Gasteiger charge is -2.14. The Labute approximate surface area is 156 Å². The molecule has 1 aromatic heterocycles. The van der Waals surface area contributed by atoms with Crippen LogP contribution in [0.4, 0.5) is 10.1 Å². The minimum absolute atomic E-state index is 0.242. The third-order valence-corrected chi connectivity index (χ3v) is 4.31. The van der Waals surface area contributed by atoms with E-state index in [1.165, 1.54) is 6.07 Å². The Balaban J connectivity index is 1.60. The number of methoxy groups -OCH3 is 2. The first-order valence-electron chi connectivity index (χ1n) is 8.13. The van der Waals surface area contributed by atoms with E-state index in [1.807, 2.05) is 24.4 Å². The normalized spacial score (nSPS) is 10.6. The molecule has 2 aromatic carbocycles. The van der Waals surface area contributed by atoms with E-state index < -0.39 is 0 Å². The van der Waals surface area contributed by atoms with Gasteiger partial charge in [-0.05, 0) is 54.5 Å². The highest BCUT2D eigenvalue weighted by Gasteiger charge is 2.08. The minimum atomic E-state index is -0.242. The molecule has 0 radical (unpaired) electrons. The van der Waals surface area contributed by atoms with Gasteiger partial charge in [0.1, 0.15) is 17.3 Å². The van der Waals surface area contributed by atoms with Gasteiger partial charge in [-0.2, -0.15) is 0 Å². The summed E-state index contributed by atoms with van der Waals surface area (Å²) in [5, 5.41) is 7.63. The van der Waals surface area contributed by atoms with Crippen LogP contribution in [0.3, 0.4) is 0 Å². The van der Waals surface area contributed by atoms with E-state index in [9.17, 15) is 4.39 Å². The van der Waals surface area contributed by atoms with Crippen LogP contribution in [0.25, 0.3) is 10.9 Å². The van der Waals surface area contributed by atoms with E-state index in [0.717, 1.165) is 22.2 Å². The van der Waals surface area contributed by atoms with Crippen LogP contribution in [0.1, 0.15) is 5.56 Å². The van der Waals surface area contributed by atoms with Gasteiger partial charge in [-0.1, -0.05) is 0 Å². The van der Waals surface area contributed by atoms with Gasteiger partial charge >= 0.3 is 0 Å². The molecule has 0 spiro atoms. The summed E-state index contributed by atoms with van der Waals surface area (Å²) >= 11 is 5.35. The van der Waals surface area contributed by atoms with Crippen LogP contribution in [-0.4, -0.2) is 30.9 Å². The van der Waals surface area contributed by atoms with Crippen LogP contribution in [0.2, 0.25) is 0 Å². The fourth-order valence-corrected chi connectivity index (χ4v) is 2.96. The molecule has 136 valence electrons. The van der Waals surface area contributed by atoms with Crippen molar-refractivity contribution in [1.82, 2.24) is 10.3 Å². The third-order valence-electron chi connectivity index (χ3n) is 4.06. The standard InChI is InChI=1S/C19H20FN3O2S/c1-24-14-4-6-18(25-2)17(10-14)23-19(26)21-8-7-12-11-22-16-5-3-13(20)9-15(12)16/h3-6,9-11,22H,7-8H2,1-2H3,(H2,21,23,26). The Morgan fingerprint density at radius 3 is 2.77 bits per heavy atom. The van der Waals surface area contributed by atoms with E-state index in [-0.39, 0.29) is 5.82 Å². The maximum Gasteiger partial charge on any atom is 0.170 e. The largest absolute Gasteiger partial charge is 0.497 e. The third kappa shape index (κ3) is 4.05. The summed E-state index contributed by atoms with van der Waals surface area (Å²) in [6.45, 7) is 0.613. The summed E-state index contributed by atoms with van der Waals surface area (Å²) < 4.78 is 24.0. The van der Waals surface area contributed by atoms with E-state index in [1.54, 1.807) is 26.4 Å². The Hall–Kier alpha value is -2.80. The predicted octanol–water partition coefficient (Wildman–Crippen LogP) is 3.85. The summed E-state index contributed by atoms with van der Waals surface area (Å²) in [5.74, 6) is 1.13. The summed E-state index contributed by atoms with van der Waals surface area (Å²) in [5.41, 5.74) is 2.68. The van der Waals surface area contributed by atoms with Crippen molar-refractivity contribution in [2.45, 2.75) is 6.42 Å². The number of aromatic amines is 1. The second-order valence-electron chi connectivity index (χ2n) is 5.70. The van der Waals surface area contributed by atoms with E-state index in [2.05, 4.69) is 15.6 Å². The number of aromatic nitrogens is 1. The zero-order chi connectivity index (χ0) is 18.5. The van der Waals surface area contributed by atoms with Gasteiger partial charge in [0.2, 0.25) is 0 Å². The summed E-state index contributed by atoms with van der Waals surface area (Å²) in [6, 6.07) is 10.2. The van der Waals surface area contributed by atoms with Crippen molar-refractivity contribution in [2.75, 3.05) is 26.1 Å². The average molecular weight is 373 g/mol. The molecule has 3 rings (SSSR count). The van der Waals surface area contributed by atoms with Crippen molar-refractivity contribution in [2.24, 2.45) is 0 Å². The second-order valence-corrected chi connectivity index (χ2v) is 6.11. The maximum atomic E-state index is 13.4. The highest BCUT2D eigenvalue weighted by molar-refractivity contribution is 7.80. The van der Waals surface area contributed by atoms with Gasteiger partial charge in [0, 0.05) is 29.7 Å². The molecular weight excluding hydrogens is 353 g/mol. The summed E-state index contributed by atoms with van der Waals surface area (Å²) in [7, 11) is 3.20. The fourth-order valence-electron chi connectivity index (χ4n) is 2.75. The lowest BCUT2D eigenvalue weighted by atomic mass is 10.1. The number of rotatable bonds is 6. The molecule has 0 amide bonds. The number of ether oxygens (including phenoxy) is 2. The number of halogens is 1. The molecular formula is C19H20FN3O2S. The average Bonchev–Trinajstić information content (AvgIpc) is 3.03. The molecule has 0 aliphatic rings. The molecule has 3 aromatic rings. The number of anilines is 1. The Morgan fingerprint density at radius 2 is 2.00 bits per heavy atom. The lowest BCUT2D eigenvalue weighted by Crippen LogP contribution is -2.30. The Kier molecular flexibility index (Phi) is 5.58. The predicted molar refractivity (Wildman–Crippen MR) is 106 cm³/mol. The number of hydrogen-bond donors (Lipinski definition) is 3. The van der Waals surface area contributed by atoms with Crippen LogP contribution in [0.5, 0.6) is 11.5 Å². The zero-order valence-electron chi connectivity index (χ0n) is 14.6. The van der Waals surface area contributed by atoms with Crippen molar-refractivity contribution >= 4 is 33.9 Å². The highest BCUT2D eigenvalue weighted by Crippen LogP contribution is 2.28. The van der Waals surface area contributed by atoms with Crippen molar-refractivity contribution < 1.29 is 13.9 Å². The van der Waals surface area contributed by atoms with Gasteiger partial charge < -0.3 is 25.1 Å². The number of thiocarbonyl (C=S) groups is 1. The van der Waals surface area contributed by atoms with Gasteiger partial charge in [-0.15, -0.1) is 0 Å².